The molecule has 3 aromatic heterocycles. The van der Waals surface area contributed by atoms with Gasteiger partial charge in [-0.05, 0) is 24.6 Å². The Morgan fingerprint density at radius 2 is 2.00 bits per heavy atom. The van der Waals surface area contributed by atoms with Crippen LogP contribution < -0.4 is 4.90 Å². The summed E-state index contributed by atoms with van der Waals surface area (Å²) in [6.07, 6.45) is 3.71. The van der Waals surface area contributed by atoms with Crippen molar-refractivity contribution in [1.82, 2.24) is 19.6 Å². The van der Waals surface area contributed by atoms with Crippen molar-refractivity contribution in [3.05, 3.63) is 60.4 Å². The molecule has 0 fully saturated rings. The molecule has 0 atom stereocenters. The first-order valence-electron chi connectivity index (χ1n) is 8.03. The van der Waals surface area contributed by atoms with Crippen LogP contribution in [0, 0.1) is 0 Å². The van der Waals surface area contributed by atoms with E-state index in [1.165, 1.54) is 11.3 Å². The molecule has 126 valence electrons. The Labute approximate surface area is 149 Å². The second kappa shape index (κ2) is 6.62. The largest absolute Gasteiger partial charge is 0.392 e. The number of pyridine rings is 1. The SMILES string of the molecule is CCN(c1ccccn1)c1nn2cc(-c3ccc(CO)cc3)nc2s1. The van der Waals surface area contributed by atoms with Crippen molar-refractivity contribution in [2.75, 3.05) is 11.4 Å². The van der Waals surface area contributed by atoms with Crippen LogP contribution >= 0.6 is 11.3 Å². The molecule has 0 aliphatic carbocycles. The molecule has 0 radical (unpaired) electrons. The summed E-state index contributed by atoms with van der Waals surface area (Å²) in [6.45, 7) is 2.90. The van der Waals surface area contributed by atoms with Gasteiger partial charge >= 0.3 is 0 Å². The summed E-state index contributed by atoms with van der Waals surface area (Å²) in [5.74, 6) is 0.877. The van der Waals surface area contributed by atoms with E-state index in [0.29, 0.717) is 0 Å². The number of rotatable bonds is 5. The molecule has 0 unspecified atom stereocenters. The maximum absolute atomic E-state index is 9.14. The maximum Gasteiger partial charge on any atom is 0.214 e. The second-order valence-electron chi connectivity index (χ2n) is 5.53. The first kappa shape index (κ1) is 15.7. The highest BCUT2D eigenvalue weighted by atomic mass is 32.1. The van der Waals surface area contributed by atoms with E-state index in [4.69, 9.17) is 5.11 Å². The molecule has 0 saturated carbocycles. The Balaban J connectivity index is 1.66. The number of anilines is 2. The molecular weight excluding hydrogens is 334 g/mol. The fourth-order valence-corrected chi connectivity index (χ4v) is 3.58. The molecule has 0 aliphatic heterocycles. The maximum atomic E-state index is 9.14. The third-order valence-corrected chi connectivity index (χ3v) is 4.88. The summed E-state index contributed by atoms with van der Waals surface area (Å²) < 4.78 is 1.81. The van der Waals surface area contributed by atoms with Gasteiger partial charge < -0.3 is 10.0 Å². The molecule has 1 N–H and O–H groups in total. The van der Waals surface area contributed by atoms with Crippen molar-refractivity contribution < 1.29 is 5.11 Å². The highest BCUT2D eigenvalue weighted by molar-refractivity contribution is 7.20. The number of nitrogens with zero attached hydrogens (tertiary/aromatic N) is 5. The fourth-order valence-electron chi connectivity index (χ4n) is 2.63. The van der Waals surface area contributed by atoms with Gasteiger partial charge in [-0.3, -0.25) is 0 Å². The summed E-state index contributed by atoms with van der Waals surface area (Å²) in [5, 5.41) is 14.7. The molecule has 0 amide bonds. The average molecular weight is 351 g/mol. The van der Waals surface area contributed by atoms with E-state index in [1.54, 1.807) is 10.7 Å². The lowest BCUT2D eigenvalue weighted by molar-refractivity contribution is 0.282. The predicted molar refractivity (Wildman–Crippen MR) is 99.1 cm³/mol. The zero-order valence-corrected chi connectivity index (χ0v) is 14.5. The standard InChI is InChI=1S/C18H17N5OS/c1-2-22(16-5-3-4-10-19-16)18-21-23-11-15(20-17(23)25-18)14-8-6-13(12-24)7-9-14/h3-11,24H,2,12H2,1H3. The predicted octanol–water partition coefficient (Wildman–Crippen LogP) is 3.50. The minimum Gasteiger partial charge on any atom is -0.392 e. The minimum atomic E-state index is 0.0455. The van der Waals surface area contributed by atoms with E-state index in [0.717, 1.165) is 39.3 Å². The number of fused-ring (bicyclic) bond motifs is 1. The Morgan fingerprint density at radius 1 is 1.16 bits per heavy atom. The molecule has 7 heteroatoms. The van der Waals surface area contributed by atoms with Crippen LogP contribution in [0.2, 0.25) is 0 Å². The van der Waals surface area contributed by atoms with Crippen LogP contribution in [0.15, 0.2) is 54.9 Å². The number of benzene rings is 1. The van der Waals surface area contributed by atoms with E-state index < -0.39 is 0 Å². The smallest absolute Gasteiger partial charge is 0.214 e. The van der Waals surface area contributed by atoms with Crippen LogP contribution in [-0.2, 0) is 6.61 Å². The molecule has 0 aliphatic rings. The Kier molecular flexibility index (Phi) is 4.17. The number of aliphatic hydroxyl groups is 1. The highest BCUT2D eigenvalue weighted by Crippen LogP contribution is 2.30. The zero-order chi connectivity index (χ0) is 17.2. The lowest BCUT2D eigenvalue weighted by atomic mass is 10.1. The van der Waals surface area contributed by atoms with Crippen LogP contribution in [0.1, 0.15) is 12.5 Å². The van der Waals surface area contributed by atoms with Crippen molar-refractivity contribution in [1.29, 1.82) is 0 Å². The summed E-state index contributed by atoms with van der Waals surface area (Å²) in [7, 11) is 0. The van der Waals surface area contributed by atoms with Crippen LogP contribution in [-0.4, -0.2) is 31.2 Å². The molecule has 3 heterocycles. The van der Waals surface area contributed by atoms with Gasteiger partial charge in [-0.1, -0.05) is 41.7 Å². The molecule has 0 bridgehead atoms. The number of hydrogen-bond acceptors (Lipinski definition) is 6. The Hall–Kier alpha value is -2.77. The Morgan fingerprint density at radius 3 is 2.64 bits per heavy atom. The zero-order valence-electron chi connectivity index (χ0n) is 13.7. The monoisotopic (exact) mass is 351 g/mol. The van der Waals surface area contributed by atoms with Crippen LogP contribution in [0.5, 0.6) is 0 Å². The lowest BCUT2D eigenvalue weighted by Gasteiger charge is -2.17. The average Bonchev–Trinajstić information content (AvgIpc) is 3.22. The lowest BCUT2D eigenvalue weighted by Crippen LogP contribution is -2.17. The summed E-state index contributed by atoms with van der Waals surface area (Å²) in [4.78, 5) is 12.0. The van der Waals surface area contributed by atoms with E-state index in [9.17, 15) is 0 Å². The van der Waals surface area contributed by atoms with E-state index in [1.807, 2.05) is 48.7 Å². The molecule has 4 aromatic rings. The van der Waals surface area contributed by atoms with Crippen molar-refractivity contribution in [3.8, 4) is 11.3 Å². The van der Waals surface area contributed by atoms with Gasteiger partial charge in [-0.15, -0.1) is 5.10 Å². The minimum absolute atomic E-state index is 0.0455. The van der Waals surface area contributed by atoms with Gasteiger partial charge in [0.25, 0.3) is 0 Å². The fraction of sp³-hybridized carbons (Fsp3) is 0.167. The number of aromatic nitrogens is 4. The topological polar surface area (TPSA) is 66.6 Å². The van der Waals surface area contributed by atoms with Gasteiger partial charge in [0.2, 0.25) is 10.1 Å². The van der Waals surface area contributed by atoms with E-state index in [-0.39, 0.29) is 6.61 Å². The van der Waals surface area contributed by atoms with Crippen LogP contribution in [0.3, 0.4) is 0 Å². The molecule has 25 heavy (non-hydrogen) atoms. The third kappa shape index (κ3) is 2.99. The van der Waals surface area contributed by atoms with Gasteiger partial charge in [0.15, 0.2) is 0 Å². The first-order chi connectivity index (χ1) is 12.3. The molecule has 0 spiro atoms. The summed E-state index contributed by atoms with van der Waals surface area (Å²) in [6, 6.07) is 13.6. The van der Waals surface area contributed by atoms with Gasteiger partial charge in [0.05, 0.1) is 18.5 Å². The molecular formula is C18H17N5OS. The quantitative estimate of drug-likeness (QED) is 0.596. The number of imidazole rings is 1. The van der Waals surface area contributed by atoms with Crippen molar-refractivity contribution >= 4 is 27.2 Å². The van der Waals surface area contributed by atoms with Crippen molar-refractivity contribution in [2.45, 2.75) is 13.5 Å². The van der Waals surface area contributed by atoms with E-state index in [2.05, 4.69) is 26.9 Å². The third-order valence-electron chi connectivity index (χ3n) is 3.94. The molecule has 6 nitrogen and oxygen atoms in total. The normalized spacial score (nSPS) is 11.1. The first-order valence-corrected chi connectivity index (χ1v) is 8.85. The highest BCUT2D eigenvalue weighted by Gasteiger charge is 2.16. The second-order valence-corrected chi connectivity index (χ2v) is 6.46. The van der Waals surface area contributed by atoms with Gasteiger partial charge in [0, 0.05) is 18.3 Å². The van der Waals surface area contributed by atoms with Crippen molar-refractivity contribution in [2.24, 2.45) is 0 Å². The van der Waals surface area contributed by atoms with Gasteiger partial charge in [-0.2, -0.15) is 0 Å². The Bertz CT molecular complexity index is 946. The molecule has 4 rings (SSSR count). The van der Waals surface area contributed by atoms with Crippen molar-refractivity contribution in [3.63, 3.8) is 0 Å². The van der Waals surface area contributed by atoms with Gasteiger partial charge in [0.1, 0.15) is 5.82 Å². The summed E-state index contributed by atoms with van der Waals surface area (Å²) >= 11 is 1.53. The number of hydrogen-bond donors (Lipinski definition) is 1. The summed E-state index contributed by atoms with van der Waals surface area (Å²) in [5.41, 5.74) is 2.77. The molecule has 1 aromatic carbocycles. The van der Waals surface area contributed by atoms with Crippen LogP contribution in [0.25, 0.3) is 16.2 Å². The molecule has 0 saturated heterocycles. The van der Waals surface area contributed by atoms with E-state index >= 15 is 0 Å². The number of aliphatic hydroxyl groups excluding tert-OH is 1. The van der Waals surface area contributed by atoms with Crippen LogP contribution in [0.4, 0.5) is 10.9 Å². The van der Waals surface area contributed by atoms with Gasteiger partial charge in [-0.25, -0.2) is 14.5 Å².